The first-order chi connectivity index (χ1) is 12.5. The van der Waals surface area contributed by atoms with E-state index in [1.54, 1.807) is 20.8 Å². The van der Waals surface area contributed by atoms with Crippen LogP contribution in [0.3, 0.4) is 0 Å². The van der Waals surface area contributed by atoms with Crippen LogP contribution in [-0.4, -0.2) is 34.2 Å². The maximum atomic E-state index is 13.2. The Labute approximate surface area is 164 Å². The number of hydrogen-bond donors (Lipinski definition) is 1. The molecule has 0 amide bonds. The maximum Gasteiger partial charge on any atom is 0.263 e. The molecule has 0 spiro atoms. The molecule has 0 bridgehead atoms. The second-order valence-electron chi connectivity index (χ2n) is 5.75. The van der Waals surface area contributed by atoms with Crippen LogP contribution < -0.4 is 4.72 Å². The number of nitrogens with one attached hydrogen (secondary N) is 1. The molecule has 0 aliphatic carbocycles. The second-order valence-corrected chi connectivity index (χ2v) is 9.71. The highest BCUT2D eigenvalue weighted by molar-refractivity contribution is 7.92. The van der Waals surface area contributed by atoms with E-state index in [4.69, 9.17) is 11.6 Å². The normalized spacial score (nSPS) is 12.4. The van der Waals surface area contributed by atoms with Crippen LogP contribution in [0.4, 0.5) is 10.1 Å². The highest BCUT2D eigenvalue weighted by Gasteiger charge is 2.25. The molecule has 0 aliphatic rings. The van der Waals surface area contributed by atoms with Gasteiger partial charge in [-0.05, 0) is 42.8 Å². The van der Waals surface area contributed by atoms with Crippen LogP contribution in [0, 0.1) is 12.7 Å². The van der Waals surface area contributed by atoms with Gasteiger partial charge in [0.1, 0.15) is 10.7 Å². The van der Waals surface area contributed by atoms with Gasteiger partial charge in [-0.3, -0.25) is 4.72 Å². The van der Waals surface area contributed by atoms with Crippen molar-refractivity contribution in [2.75, 3.05) is 17.8 Å². The van der Waals surface area contributed by atoms with Crippen LogP contribution in [0.2, 0.25) is 5.02 Å². The summed E-state index contributed by atoms with van der Waals surface area (Å²) in [7, 11) is -7.89. The minimum Gasteiger partial charge on any atom is -0.280 e. The zero-order valence-corrected chi connectivity index (χ0v) is 17.4. The number of aryl methyl sites for hydroxylation is 1. The summed E-state index contributed by atoms with van der Waals surface area (Å²) in [5, 5.41) is -0.273. The summed E-state index contributed by atoms with van der Waals surface area (Å²) in [4.78, 5) is -0.295. The van der Waals surface area contributed by atoms with E-state index in [1.807, 2.05) is 0 Å². The monoisotopic (exact) mass is 434 g/mol. The highest BCUT2D eigenvalue weighted by atomic mass is 35.5. The fourth-order valence-corrected chi connectivity index (χ4v) is 5.84. The molecule has 0 radical (unpaired) electrons. The van der Waals surface area contributed by atoms with Gasteiger partial charge >= 0.3 is 0 Å². The smallest absolute Gasteiger partial charge is 0.263 e. The van der Waals surface area contributed by atoms with Gasteiger partial charge in [-0.15, -0.1) is 0 Å². The van der Waals surface area contributed by atoms with Crippen LogP contribution in [-0.2, 0) is 20.0 Å². The molecule has 27 heavy (non-hydrogen) atoms. The molecule has 10 heteroatoms. The van der Waals surface area contributed by atoms with Crippen LogP contribution in [0.5, 0.6) is 0 Å². The zero-order chi connectivity index (χ0) is 20.4. The topological polar surface area (TPSA) is 83.6 Å². The van der Waals surface area contributed by atoms with E-state index in [0.717, 1.165) is 18.2 Å². The van der Waals surface area contributed by atoms with Crippen molar-refractivity contribution in [3.63, 3.8) is 0 Å². The van der Waals surface area contributed by atoms with Crippen molar-refractivity contribution < 1.29 is 21.2 Å². The average molecular weight is 435 g/mol. The number of benzene rings is 2. The molecule has 0 atom stereocenters. The van der Waals surface area contributed by atoms with E-state index in [9.17, 15) is 21.2 Å². The molecule has 0 saturated carbocycles. The van der Waals surface area contributed by atoms with Crippen LogP contribution in [0.15, 0.2) is 46.2 Å². The van der Waals surface area contributed by atoms with Crippen molar-refractivity contribution in [2.45, 2.75) is 30.6 Å². The van der Waals surface area contributed by atoms with Gasteiger partial charge in [-0.25, -0.2) is 21.2 Å². The van der Waals surface area contributed by atoms with Crippen molar-refractivity contribution >= 4 is 37.3 Å². The van der Waals surface area contributed by atoms with Crippen molar-refractivity contribution in [3.8, 4) is 0 Å². The lowest BCUT2D eigenvalue weighted by Crippen LogP contribution is -2.31. The second kappa shape index (κ2) is 8.14. The maximum absolute atomic E-state index is 13.2. The standard InChI is InChI=1S/C17H20ClFN2O4S2/c1-4-21(5-2)27(24,25)17-11-14(8-6-12(17)3)20-26(22,23)16-9-7-13(19)10-15(16)18/h6-11,20H,4-5H2,1-3H3. The molecule has 148 valence electrons. The van der Waals surface area contributed by atoms with Gasteiger partial charge in [-0.1, -0.05) is 31.5 Å². The lowest BCUT2D eigenvalue weighted by atomic mass is 10.2. The number of hydrogen-bond acceptors (Lipinski definition) is 4. The molecular weight excluding hydrogens is 415 g/mol. The Bertz CT molecular complexity index is 1050. The van der Waals surface area contributed by atoms with Gasteiger partial charge in [0.2, 0.25) is 10.0 Å². The average Bonchev–Trinajstić information content (AvgIpc) is 2.56. The van der Waals surface area contributed by atoms with Crippen LogP contribution in [0.1, 0.15) is 19.4 Å². The predicted molar refractivity (Wildman–Crippen MR) is 104 cm³/mol. The molecular formula is C17H20ClFN2O4S2. The Hall–Kier alpha value is -1.68. The fraction of sp³-hybridized carbons (Fsp3) is 0.294. The number of anilines is 1. The van der Waals surface area contributed by atoms with Crippen molar-refractivity contribution in [1.82, 2.24) is 4.31 Å². The molecule has 1 N–H and O–H groups in total. The van der Waals surface area contributed by atoms with Gasteiger partial charge in [-0.2, -0.15) is 4.31 Å². The summed E-state index contributed by atoms with van der Waals surface area (Å²) >= 11 is 5.83. The van der Waals surface area contributed by atoms with Gasteiger partial charge < -0.3 is 0 Å². The third kappa shape index (κ3) is 4.60. The van der Waals surface area contributed by atoms with Crippen molar-refractivity contribution in [1.29, 1.82) is 0 Å². The third-order valence-corrected chi connectivity index (χ3v) is 8.00. The lowest BCUT2D eigenvalue weighted by molar-refractivity contribution is 0.445. The number of nitrogens with zero attached hydrogens (tertiary/aromatic N) is 1. The summed E-state index contributed by atoms with van der Waals surface area (Å²) in [6.45, 7) is 5.66. The first kappa shape index (κ1) is 21.6. The summed E-state index contributed by atoms with van der Waals surface area (Å²) in [6.07, 6.45) is 0. The first-order valence-corrected chi connectivity index (χ1v) is 11.4. The Balaban J connectivity index is 2.47. The number of sulfonamides is 2. The Morgan fingerprint density at radius 2 is 1.63 bits per heavy atom. The molecule has 0 aliphatic heterocycles. The van der Waals surface area contributed by atoms with Crippen LogP contribution >= 0.6 is 11.6 Å². The summed E-state index contributed by atoms with van der Waals surface area (Å²) in [6, 6.07) is 7.14. The molecule has 0 fully saturated rings. The third-order valence-electron chi connectivity index (χ3n) is 3.95. The Kier molecular flexibility index (Phi) is 6.51. The molecule has 0 heterocycles. The predicted octanol–water partition coefficient (Wildman–Crippen LogP) is 3.62. The summed E-state index contributed by atoms with van der Waals surface area (Å²) in [5.74, 6) is -0.665. The van der Waals surface area contributed by atoms with Crippen LogP contribution in [0.25, 0.3) is 0 Å². The fourth-order valence-electron chi connectivity index (χ4n) is 2.55. The van der Waals surface area contributed by atoms with E-state index < -0.39 is 25.9 Å². The molecule has 2 rings (SSSR count). The van der Waals surface area contributed by atoms with E-state index in [1.165, 1.54) is 22.5 Å². The zero-order valence-electron chi connectivity index (χ0n) is 15.0. The summed E-state index contributed by atoms with van der Waals surface area (Å²) < 4.78 is 67.4. The molecule has 0 aromatic heterocycles. The van der Waals surface area contributed by atoms with Gasteiger partial charge in [0.05, 0.1) is 15.6 Å². The van der Waals surface area contributed by atoms with E-state index in [0.29, 0.717) is 18.7 Å². The Morgan fingerprint density at radius 1 is 1.00 bits per heavy atom. The molecule has 0 unspecified atom stereocenters. The van der Waals surface area contributed by atoms with Crippen molar-refractivity contribution in [2.24, 2.45) is 0 Å². The van der Waals surface area contributed by atoms with E-state index >= 15 is 0 Å². The number of rotatable bonds is 7. The Morgan fingerprint density at radius 3 is 2.19 bits per heavy atom. The van der Waals surface area contributed by atoms with Crippen molar-refractivity contribution in [3.05, 3.63) is 52.8 Å². The quantitative estimate of drug-likeness (QED) is 0.721. The lowest BCUT2D eigenvalue weighted by Gasteiger charge is -2.20. The number of halogens is 2. The minimum atomic E-state index is -4.12. The molecule has 0 saturated heterocycles. The van der Waals surface area contributed by atoms with Gasteiger partial charge in [0, 0.05) is 13.1 Å². The molecule has 2 aromatic carbocycles. The minimum absolute atomic E-state index is 0.0107. The highest BCUT2D eigenvalue weighted by Crippen LogP contribution is 2.27. The SMILES string of the molecule is CCN(CC)S(=O)(=O)c1cc(NS(=O)(=O)c2ccc(F)cc2Cl)ccc1C. The molecule has 6 nitrogen and oxygen atoms in total. The largest absolute Gasteiger partial charge is 0.280 e. The molecule has 2 aromatic rings. The first-order valence-electron chi connectivity index (χ1n) is 8.11. The van der Waals surface area contributed by atoms with Gasteiger partial charge in [0.25, 0.3) is 10.0 Å². The van der Waals surface area contributed by atoms with E-state index in [2.05, 4.69) is 4.72 Å². The summed E-state index contributed by atoms with van der Waals surface area (Å²) in [5.41, 5.74) is 0.552. The van der Waals surface area contributed by atoms with Gasteiger partial charge in [0.15, 0.2) is 0 Å². The van der Waals surface area contributed by atoms with E-state index in [-0.39, 0.29) is 20.5 Å².